The molecule has 2 amide bonds. The number of hydrogen-bond donors (Lipinski definition) is 2. The Balaban J connectivity index is 1.76. The van der Waals surface area contributed by atoms with Crippen LogP contribution in [0.15, 0.2) is 54.0 Å². The number of aliphatic hydroxyl groups excluding tert-OH is 1. The van der Waals surface area contributed by atoms with Crippen molar-refractivity contribution in [2.75, 3.05) is 36.5 Å². The van der Waals surface area contributed by atoms with Gasteiger partial charge in [-0.05, 0) is 36.3 Å². The van der Waals surface area contributed by atoms with Gasteiger partial charge >= 0.3 is 0 Å². The molecule has 0 saturated carbocycles. The number of aromatic hydroxyl groups is 1. The normalized spacial score (nSPS) is 16.3. The van der Waals surface area contributed by atoms with Gasteiger partial charge < -0.3 is 24.9 Å². The number of amides is 2. The van der Waals surface area contributed by atoms with Crippen LogP contribution in [-0.2, 0) is 16.2 Å². The molecule has 2 aliphatic heterocycles. The molecule has 5 heterocycles. The van der Waals surface area contributed by atoms with Crippen LogP contribution in [0.25, 0.3) is 28.0 Å². The van der Waals surface area contributed by atoms with Crippen LogP contribution in [0.2, 0.25) is 5.02 Å². The van der Waals surface area contributed by atoms with Crippen molar-refractivity contribution in [3.63, 3.8) is 0 Å². The second kappa shape index (κ2) is 11.3. The van der Waals surface area contributed by atoms with E-state index in [9.17, 15) is 24.6 Å². The molecule has 0 aliphatic carbocycles. The van der Waals surface area contributed by atoms with Gasteiger partial charge in [-0.15, -0.1) is 0 Å². The molecule has 45 heavy (non-hydrogen) atoms. The lowest BCUT2D eigenvalue weighted by atomic mass is 9.99. The molecule has 13 heteroatoms. The van der Waals surface area contributed by atoms with E-state index in [-0.39, 0.29) is 64.8 Å². The number of carbonyl (C=O) groups is 2. The third-order valence-electron chi connectivity index (χ3n) is 8.36. The Morgan fingerprint density at radius 3 is 2.62 bits per heavy atom. The third kappa shape index (κ3) is 4.63. The smallest absolute Gasteiger partial charge is 0.283 e. The minimum Gasteiger partial charge on any atom is -0.507 e. The maximum Gasteiger partial charge on any atom is 0.283 e. The first kappa shape index (κ1) is 30.2. The number of halogens is 2. The number of nitrogens with zero attached hydrogens (tertiary/aromatic N) is 6. The molecule has 1 aromatic carbocycles. The van der Waals surface area contributed by atoms with Gasteiger partial charge in [-0.2, -0.15) is 0 Å². The highest BCUT2D eigenvalue weighted by Gasteiger charge is 2.44. The largest absolute Gasteiger partial charge is 0.507 e. The quantitative estimate of drug-likeness (QED) is 0.318. The predicted octanol–water partition coefficient (Wildman–Crippen LogP) is 3.74. The fourth-order valence-electron chi connectivity index (χ4n) is 6.22. The molecule has 1 saturated heterocycles. The molecule has 0 unspecified atom stereocenters. The number of aliphatic hydroxyl groups is 1. The van der Waals surface area contributed by atoms with Crippen LogP contribution < -0.4 is 15.4 Å². The summed E-state index contributed by atoms with van der Waals surface area (Å²) in [6, 6.07) is 6.11. The lowest BCUT2D eigenvalue weighted by Gasteiger charge is -2.47. The zero-order valence-corrected chi connectivity index (χ0v) is 25.5. The maximum absolute atomic E-state index is 15.2. The number of likely N-dealkylation sites (N-methyl/N-ethyl adjacent to an activating group) is 1. The van der Waals surface area contributed by atoms with E-state index in [0.29, 0.717) is 22.3 Å². The van der Waals surface area contributed by atoms with E-state index >= 15 is 4.39 Å². The lowest BCUT2D eigenvalue weighted by molar-refractivity contribution is -0.128. The first-order valence-corrected chi connectivity index (χ1v) is 14.7. The third-order valence-corrected chi connectivity index (χ3v) is 8.65. The number of phenols is 1. The van der Waals surface area contributed by atoms with Gasteiger partial charge in [-0.1, -0.05) is 38.1 Å². The van der Waals surface area contributed by atoms with E-state index in [2.05, 4.69) is 11.6 Å². The molecule has 232 valence electrons. The van der Waals surface area contributed by atoms with E-state index in [1.54, 1.807) is 11.0 Å². The van der Waals surface area contributed by atoms with Crippen LogP contribution in [0.3, 0.4) is 0 Å². The molecule has 0 radical (unpaired) electrons. The van der Waals surface area contributed by atoms with E-state index < -0.39 is 35.7 Å². The predicted molar refractivity (Wildman–Crippen MR) is 169 cm³/mol. The molecule has 3 aromatic heterocycles. The second-order valence-corrected chi connectivity index (χ2v) is 11.7. The second-order valence-electron chi connectivity index (χ2n) is 11.3. The summed E-state index contributed by atoms with van der Waals surface area (Å²) in [4.78, 5) is 54.8. The number of pyridine rings is 3. The van der Waals surface area contributed by atoms with Crippen molar-refractivity contribution in [2.24, 2.45) is 0 Å². The van der Waals surface area contributed by atoms with Gasteiger partial charge in [0.05, 0.1) is 46.5 Å². The number of benzene rings is 1. The highest BCUT2D eigenvalue weighted by Crippen LogP contribution is 2.44. The average molecular weight is 633 g/mol. The van der Waals surface area contributed by atoms with Crippen molar-refractivity contribution in [1.82, 2.24) is 19.4 Å². The number of fused-ring (bicyclic) bond motifs is 5. The SMILES string of the molecule is C=CC(=O)N1CCN2c3c(c(=O)n(-c4c(CO)ccnc4C(C)C)c4nc(-c5c(O)cccc5F)c(Cl)cc34)N(C)C(=O)[C@H]2C1. The summed E-state index contributed by atoms with van der Waals surface area (Å²) in [6.07, 6.45) is 2.73. The van der Waals surface area contributed by atoms with Gasteiger partial charge in [0.15, 0.2) is 5.65 Å². The summed E-state index contributed by atoms with van der Waals surface area (Å²) in [5.41, 5.74) is 0.635. The van der Waals surface area contributed by atoms with Crippen LogP contribution >= 0.6 is 11.6 Å². The van der Waals surface area contributed by atoms with Crippen LogP contribution in [0, 0.1) is 5.82 Å². The van der Waals surface area contributed by atoms with Gasteiger partial charge in [0.2, 0.25) is 5.91 Å². The van der Waals surface area contributed by atoms with Crippen LogP contribution in [0.4, 0.5) is 15.8 Å². The van der Waals surface area contributed by atoms with Crippen molar-refractivity contribution in [2.45, 2.75) is 32.4 Å². The average Bonchev–Trinajstić information content (AvgIpc) is 3.02. The Kier molecular flexibility index (Phi) is 7.58. The van der Waals surface area contributed by atoms with Crippen LogP contribution in [-0.4, -0.2) is 74.2 Å². The molecular weight excluding hydrogens is 603 g/mol. The van der Waals surface area contributed by atoms with Crippen molar-refractivity contribution < 1.29 is 24.2 Å². The molecule has 2 aliphatic rings. The van der Waals surface area contributed by atoms with Crippen molar-refractivity contribution in [3.8, 4) is 22.7 Å². The zero-order valence-electron chi connectivity index (χ0n) is 24.8. The summed E-state index contributed by atoms with van der Waals surface area (Å²) in [6.45, 7) is 7.43. The summed E-state index contributed by atoms with van der Waals surface area (Å²) in [5, 5.41) is 21.4. The Labute approximate surface area is 262 Å². The van der Waals surface area contributed by atoms with Gasteiger partial charge in [0, 0.05) is 37.3 Å². The van der Waals surface area contributed by atoms with E-state index in [0.717, 1.165) is 6.07 Å². The number of rotatable bonds is 5. The summed E-state index contributed by atoms with van der Waals surface area (Å²) in [5.74, 6) is -2.08. The minimum atomic E-state index is -0.815. The summed E-state index contributed by atoms with van der Waals surface area (Å²) < 4.78 is 16.4. The van der Waals surface area contributed by atoms with Crippen molar-refractivity contribution >= 4 is 45.8 Å². The first-order valence-electron chi connectivity index (χ1n) is 14.3. The molecule has 1 fully saturated rings. The molecule has 11 nitrogen and oxygen atoms in total. The number of anilines is 2. The van der Waals surface area contributed by atoms with Gasteiger partial charge in [0.1, 0.15) is 23.3 Å². The first-order chi connectivity index (χ1) is 21.5. The Bertz CT molecular complexity index is 1960. The van der Waals surface area contributed by atoms with E-state index in [1.165, 1.54) is 51.9 Å². The van der Waals surface area contributed by atoms with E-state index in [1.807, 2.05) is 13.8 Å². The molecule has 6 rings (SSSR count). The van der Waals surface area contributed by atoms with Crippen LogP contribution in [0.5, 0.6) is 5.75 Å². The molecule has 2 N–H and O–H groups in total. The number of carbonyl (C=O) groups excluding carboxylic acids is 2. The monoisotopic (exact) mass is 632 g/mol. The fraction of sp³-hybridized carbons (Fsp3) is 0.281. The molecule has 0 spiro atoms. The highest BCUT2D eigenvalue weighted by molar-refractivity contribution is 6.34. The van der Waals surface area contributed by atoms with E-state index in [4.69, 9.17) is 16.6 Å². The Morgan fingerprint density at radius 2 is 1.96 bits per heavy atom. The Morgan fingerprint density at radius 1 is 1.20 bits per heavy atom. The van der Waals surface area contributed by atoms with Crippen LogP contribution in [0.1, 0.15) is 31.0 Å². The standard InChI is InChI=1S/C32H30ClFN6O5/c1-5-23(43)38-11-12-39-21(14-38)31(44)37(4)29-28(39)18-13-19(33)26(24-20(34)7-6-8-22(24)42)36-30(18)40(32(29)45)27-17(15-41)9-10-35-25(27)16(2)3/h5-10,13,16,21,41-42H,1,11-12,14-15H2,2-4H3/t21-/m1/s1. The minimum absolute atomic E-state index is 0.00970. The number of piperazine rings is 1. The topological polar surface area (TPSA) is 132 Å². The lowest BCUT2D eigenvalue weighted by Crippen LogP contribution is -2.63. The van der Waals surface area contributed by atoms with Gasteiger partial charge in [0.25, 0.3) is 11.5 Å². The zero-order chi connectivity index (χ0) is 32.3. The fourth-order valence-corrected chi connectivity index (χ4v) is 6.47. The highest BCUT2D eigenvalue weighted by atomic mass is 35.5. The molecular formula is C32H30ClFN6O5. The summed E-state index contributed by atoms with van der Waals surface area (Å²) in [7, 11) is 1.49. The number of phenolic OH excluding ortho intramolecular Hbond substituents is 1. The van der Waals surface area contributed by atoms with Crippen molar-refractivity contribution in [1.29, 1.82) is 0 Å². The molecule has 0 bridgehead atoms. The maximum atomic E-state index is 15.2. The number of aromatic nitrogens is 3. The summed E-state index contributed by atoms with van der Waals surface area (Å²) >= 11 is 6.78. The number of hydrogen-bond acceptors (Lipinski definition) is 8. The van der Waals surface area contributed by atoms with Gasteiger partial charge in [-0.25, -0.2) is 9.37 Å². The van der Waals surface area contributed by atoms with Crippen molar-refractivity contribution in [3.05, 3.63) is 81.6 Å². The Hall–Kier alpha value is -4.81. The molecule has 4 aromatic rings. The van der Waals surface area contributed by atoms with Gasteiger partial charge in [-0.3, -0.25) is 23.9 Å². The molecule has 1 atom stereocenters.